The van der Waals surface area contributed by atoms with Crippen LogP contribution >= 0.6 is 11.6 Å². The minimum atomic E-state index is -4.30. The molecule has 132 valence electrons. The molecule has 1 heterocycles. The molecule has 1 aliphatic heterocycles. The number of nitrogens with zero attached hydrogens (tertiary/aromatic N) is 1. The van der Waals surface area contributed by atoms with E-state index < -0.39 is 11.7 Å². The lowest BCUT2D eigenvalue weighted by Gasteiger charge is -2.09. The van der Waals surface area contributed by atoms with Crippen molar-refractivity contribution in [3.8, 4) is 0 Å². The molecular formula is C18H17ClF3N2O+. The predicted octanol–water partition coefficient (Wildman–Crippen LogP) is 3.62. The van der Waals surface area contributed by atoms with Crippen molar-refractivity contribution in [2.75, 3.05) is 6.54 Å². The van der Waals surface area contributed by atoms with Crippen molar-refractivity contribution in [3.05, 3.63) is 70.2 Å². The van der Waals surface area contributed by atoms with Gasteiger partial charge in [-0.05, 0) is 29.8 Å². The third-order valence-electron chi connectivity index (χ3n) is 4.00. The normalized spacial score (nSPS) is 17.3. The molecule has 2 aromatic carbocycles. The lowest BCUT2D eigenvalue weighted by atomic mass is 10.1. The first-order valence-electron chi connectivity index (χ1n) is 7.88. The van der Waals surface area contributed by atoms with Crippen LogP contribution in [-0.4, -0.2) is 18.4 Å². The lowest BCUT2D eigenvalue weighted by molar-refractivity contribution is -0.676. The molecule has 0 spiro atoms. The second-order valence-corrected chi connectivity index (χ2v) is 6.34. The van der Waals surface area contributed by atoms with E-state index in [1.807, 2.05) is 29.6 Å². The summed E-state index contributed by atoms with van der Waals surface area (Å²) in [7, 11) is 0. The predicted molar refractivity (Wildman–Crippen MR) is 89.4 cm³/mol. The van der Waals surface area contributed by atoms with Crippen molar-refractivity contribution in [2.45, 2.75) is 25.2 Å². The van der Waals surface area contributed by atoms with E-state index in [-0.39, 0.29) is 6.10 Å². The van der Waals surface area contributed by atoms with Gasteiger partial charge in [-0.15, -0.1) is 0 Å². The molecule has 25 heavy (non-hydrogen) atoms. The van der Waals surface area contributed by atoms with Crippen LogP contribution in [0.2, 0.25) is 5.02 Å². The van der Waals surface area contributed by atoms with Gasteiger partial charge >= 0.3 is 6.18 Å². The van der Waals surface area contributed by atoms with Crippen LogP contribution in [0, 0.1) is 0 Å². The van der Waals surface area contributed by atoms with E-state index in [2.05, 4.69) is 5.16 Å². The van der Waals surface area contributed by atoms with Gasteiger partial charge in [0, 0.05) is 17.0 Å². The van der Waals surface area contributed by atoms with Gasteiger partial charge in [0.1, 0.15) is 13.1 Å². The molecule has 0 radical (unpaired) electrons. The zero-order valence-electron chi connectivity index (χ0n) is 13.3. The Hall–Kier alpha value is -2.05. The molecule has 0 fully saturated rings. The number of benzene rings is 2. The number of oxime groups is 1. The fourth-order valence-electron chi connectivity index (χ4n) is 2.63. The van der Waals surface area contributed by atoms with Crippen LogP contribution in [0.5, 0.6) is 0 Å². The molecule has 0 saturated heterocycles. The van der Waals surface area contributed by atoms with Crippen molar-refractivity contribution in [1.82, 2.24) is 0 Å². The maximum Gasteiger partial charge on any atom is 0.416 e. The van der Waals surface area contributed by atoms with Crippen LogP contribution in [0.1, 0.15) is 23.1 Å². The molecule has 0 unspecified atom stereocenters. The zero-order valence-corrected chi connectivity index (χ0v) is 14.0. The third kappa shape index (κ3) is 4.74. The highest BCUT2D eigenvalue weighted by atomic mass is 35.5. The molecule has 1 atom stereocenters. The van der Waals surface area contributed by atoms with Gasteiger partial charge < -0.3 is 10.2 Å². The molecule has 1 aliphatic rings. The van der Waals surface area contributed by atoms with Crippen molar-refractivity contribution in [2.24, 2.45) is 5.16 Å². The highest BCUT2D eigenvalue weighted by Gasteiger charge is 2.30. The van der Waals surface area contributed by atoms with E-state index in [9.17, 15) is 13.2 Å². The zero-order chi connectivity index (χ0) is 17.9. The average molecular weight is 370 g/mol. The number of quaternary nitrogens is 1. The van der Waals surface area contributed by atoms with Gasteiger partial charge in [-0.3, -0.25) is 0 Å². The molecule has 2 N–H and O–H groups in total. The van der Waals surface area contributed by atoms with Gasteiger partial charge in [-0.2, -0.15) is 13.2 Å². The number of nitrogens with two attached hydrogens (primary N) is 1. The molecule has 3 nitrogen and oxygen atoms in total. The molecule has 7 heteroatoms. The second kappa shape index (κ2) is 7.45. The fraction of sp³-hybridized carbons (Fsp3) is 0.278. The van der Waals surface area contributed by atoms with E-state index in [0.29, 0.717) is 24.5 Å². The topological polar surface area (TPSA) is 38.2 Å². The Morgan fingerprint density at radius 3 is 2.40 bits per heavy atom. The lowest BCUT2D eigenvalue weighted by Crippen LogP contribution is -2.84. The third-order valence-corrected chi connectivity index (χ3v) is 4.25. The summed E-state index contributed by atoms with van der Waals surface area (Å²) in [5.74, 6) is 0. The Labute approximate surface area is 148 Å². The molecule has 3 rings (SSSR count). The van der Waals surface area contributed by atoms with Crippen molar-refractivity contribution >= 4 is 17.3 Å². The van der Waals surface area contributed by atoms with Gasteiger partial charge in [0.2, 0.25) is 0 Å². The van der Waals surface area contributed by atoms with Crippen LogP contribution in [0.4, 0.5) is 13.2 Å². The van der Waals surface area contributed by atoms with Gasteiger partial charge in [0.05, 0.1) is 11.3 Å². The summed E-state index contributed by atoms with van der Waals surface area (Å²) in [6.45, 7) is 1.27. The maximum atomic E-state index is 12.5. The summed E-state index contributed by atoms with van der Waals surface area (Å²) in [5, 5.41) is 6.79. The van der Waals surface area contributed by atoms with E-state index in [1.165, 1.54) is 12.1 Å². The van der Waals surface area contributed by atoms with Crippen LogP contribution in [0.3, 0.4) is 0 Å². The van der Waals surface area contributed by atoms with Gasteiger partial charge in [0.25, 0.3) is 0 Å². The van der Waals surface area contributed by atoms with Crippen molar-refractivity contribution in [1.29, 1.82) is 0 Å². The number of alkyl halides is 3. The first kappa shape index (κ1) is 17.8. The minimum Gasteiger partial charge on any atom is -0.386 e. The van der Waals surface area contributed by atoms with E-state index >= 15 is 0 Å². The van der Waals surface area contributed by atoms with E-state index in [0.717, 1.165) is 29.0 Å². The van der Waals surface area contributed by atoms with Crippen LogP contribution in [-0.2, 0) is 17.6 Å². The average Bonchev–Trinajstić information content (AvgIpc) is 3.04. The van der Waals surface area contributed by atoms with Crippen LogP contribution in [0.25, 0.3) is 0 Å². The molecule has 0 bridgehead atoms. The Bertz CT molecular complexity index is 742. The van der Waals surface area contributed by atoms with E-state index in [1.54, 1.807) is 0 Å². The minimum absolute atomic E-state index is 0.0415. The van der Waals surface area contributed by atoms with Crippen LogP contribution < -0.4 is 5.32 Å². The molecule has 0 aromatic heterocycles. The Kier molecular flexibility index (Phi) is 5.30. The molecule has 0 saturated carbocycles. The monoisotopic (exact) mass is 369 g/mol. The number of hydrogen-bond donors (Lipinski definition) is 1. The summed E-state index contributed by atoms with van der Waals surface area (Å²) in [5.41, 5.74) is 2.07. The summed E-state index contributed by atoms with van der Waals surface area (Å²) < 4.78 is 37.6. The van der Waals surface area contributed by atoms with E-state index in [4.69, 9.17) is 16.4 Å². The highest BCUT2D eigenvalue weighted by Crippen LogP contribution is 2.28. The first-order chi connectivity index (χ1) is 11.9. The molecule has 2 aromatic rings. The largest absolute Gasteiger partial charge is 0.416 e. The maximum absolute atomic E-state index is 12.5. The quantitative estimate of drug-likeness (QED) is 0.859. The van der Waals surface area contributed by atoms with Gasteiger partial charge in [-0.25, -0.2) is 0 Å². The Morgan fingerprint density at radius 2 is 1.76 bits per heavy atom. The Morgan fingerprint density at radius 1 is 1.08 bits per heavy atom. The smallest absolute Gasteiger partial charge is 0.386 e. The number of hydrogen-bond acceptors (Lipinski definition) is 2. The first-order valence-corrected chi connectivity index (χ1v) is 8.26. The highest BCUT2D eigenvalue weighted by molar-refractivity contribution is 6.30. The fourth-order valence-corrected chi connectivity index (χ4v) is 2.76. The second-order valence-electron chi connectivity index (χ2n) is 5.90. The summed E-state index contributed by atoms with van der Waals surface area (Å²) >= 11 is 5.87. The van der Waals surface area contributed by atoms with Crippen molar-refractivity contribution < 1.29 is 23.3 Å². The summed E-state index contributed by atoms with van der Waals surface area (Å²) in [4.78, 5) is 5.43. The standard InChI is InChI=1S/C18H16ClF3N2O/c19-15-7-3-13(4-8-15)17-9-16(25-24-17)11-23-10-12-1-5-14(6-2-12)18(20,21)22/h1-8,16,23H,9-11H2/p+1/t16-/m1/s1. The number of halogens is 4. The molecule has 0 aliphatic carbocycles. The SMILES string of the molecule is FC(F)(F)c1ccc(C[NH2+]C[C@H]2CC(c3ccc(Cl)cc3)=NO2)cc1. The number of rotatable bonds is 5. The molecule has 0 amide bonds. The Balaban J connectivity index is 1.45. The van der Waals surface area contributed by atoms with Gasteiger partial charge in [-0.1, -0.05) is 41.0 Å². The van der Waals surface area contributed by atoms with Crippen molar-refractivity contribution in [3.63, 3.8) is 0 Å². The summed E-state index contributed by atoms with van der Waals surface area (Å²) in [6, 6.07) is 12.6. The van der Waals surface area contributed by atoms with Gasteiger partial charge in [0.15, 0.2) is 6.10 Å². The molecular weight excluding hydrogens is 353 g/mol. The van der Waals surface area contributed by atoms with Crippen LogP contribution in [0.15, 0.2) is 53.7 Å². The summed E-state index contributed by atoms with van der Waals surface area (Å²) in [6.07, 6.45) is -3.64.